The first kappa shape index (κ1) is 16.3. The fourth-order valence-corrected chi connectivity index (χ4v) is 3.38. The maximum Gasteiger partial charge on any atom is 0.272 e. The van der Waals surface area contributed by atoms with E-state index in [-0.39, 0.29) is 5.69 Å². The van der Waals surface area contributed by atoms with Crippen LogP contribution in [0.2, 0.25) is 10.0 Å². The van der Waals surface area contributed by atoms with Gasteiger partial charge in [-0.15, -0.1) is 0 Å². The van der Waals surface area contributed by atoms with E-state index in [2.05, 4.69) is 17.1 Å². The zero-order valence-corrected chi connectivity index (χ0v) is 13.5. The number of hydrogen-bond acceptors (Lipinski definition) is 4. The van der Waals surface area contributed by atoms with Crippen LogP contribution in [0.25, 0.3) is 0 Å². The van der Waals surface area contributed by atoms with Gasteiger partial charge in [-0.05, 0) is 31.8 Å². The van der Waals surface area contributed by atoms with E-state index in [0.29, 0.717) is 21.7 Å². The number of piperidine rings is 1. The standard InChI is InChI=1S/C14H19Cl2N3O2/c1-2-17-9-10-3-5-18(6-4-10)14-12(15)7-11(19(20)21)8-13(14)16/h7-8,10,17H,2-6,9H2,1H3. The lowest BCUT2D eigenvalue weighted by molar-refractivity contribution is -0.384. The Hall–Kier alpha value is -1.04. The van der Waals surface area contributed by atoms with Crippen LogP contribution in [-0.2, 0) is 0 Å². The van der Waals surface area contributed by atoms with Gasteiger partial charge in [0.2, 0.25) is 0 Å². The molecule has 1 N–H and O–H groups in total. The van der Waals surface area contributed by atoms with Crippen molar-refractivity contribution in [2.45, 2.75) is 19.8 Å². The number of nitro groups is 1. The first-order chi connectivity index (χ1) is 10.0. The molecule has 1 saturated heterocycles. The topological polar surface area (TPSA) is 58.4 Å². The summed E-state index contributed by atoms with van der Waals surface area (Å²) in [5, 5.41) is 14.9. The Bertz CT molecular complexity index is 494. The van der Waals surface area contributed by atoms with Crippen LogP contribution in [0.1, 0.15) is 19.8 Å². The molecule has 7 heteroatoms. The number of hydrogen-bond donors (Lipinski definition) is 1. The van der Waals surface area contributed by atoms with Crippen LogP contribution in [0.15, 0.2) is 12.1 Å². The average molecular weight is 332 g/mol. The minimum Gasteiger partial charge on any atom is -0.369 e. The SMILES string of the molecule is CCNCC1CCN(c2c(Cl)cc([N+](=O)[O-])cc2Cl)CC1. The van der Waals surface area contributed by atoms with Crippen molar-refractivity contribution in [3.63, 3.8) is 0 Å². The van der Waals surface area contributed by atoms with Gasteiger partial charge in [0, 0.05) is 25.2 Å². The van der Waals surface area contributed by atoms with Gasteiger partial charge < -0.3 is 10.2 Å². The summed E-state index contributed by atoms with van der Waals surface area (Å²) in [5.41, 5.74) is 0.640. The molecule has 0 radical (unpaired) electrons. The first-order valence-corrected chi connectivity index (χ1v) is 7.87. The molecule has 0 saturated carbocycles. The van der Waals surface area contributed by atoms with Gasteiger partial charge in [0.1, 0.15) is 0 Å². The summed E-state index contributed by atoms with van der Waals surface area (Å²) in [6.45, 7) is 5.86. The number of halogens is 2. The summed E-state index contributed by atoms with van der Waals surface area (Å²) >= 11 is 12.4. The molecule has 0 unspecified atom stereocenters. The molecule has 5 nitrogen and oxygen atoms in total. The van der Waals surface area contributed by atoms with Gasteiger partial charge in [-0.1, -0.05) is 30.1 Å². The van der Waals surface area contributed by atoms with Gasteiger partial charge in [0.25, 0.3) is 5.69 Å². The number of nitro benzene ring substituents is 1. The maximum atomic E-state index is 10.8. The Morgan fingerprint density at radius 3 is 2.38 bits per heavy atom. The quantitative estimate of drug-likeness (QED) is 0.659. The van der Waals surface area contributed by atoms with E-state index in [9.17, 15) is 10.1 Å². The first-order valence-electron chi connectivity index (χ1n) is 7.12. The van der Waals surface area contributed by atoms with E-state index in [1.165, 1.54) is 12.1 Å². The monoisotopic (exact) mass is 331 g/mol. The molecule has 0 spiro atoms. The second kappa shape index (κ2) is 7.29. The highest BCUT2D eigenvalue weighted by Crippen LogP contribution is 2.38. The largest absolute Gasteiger partial charge is 0.369 e. The van der Waals surface area contributed by atoms with Crippen molar-refractivity contribution in [1.82, 2.24) is 5.32 Å². The molecule has 1 fully saturated rings. The lowest BCUT2D eigenvalue weighted by atomic mass is 9.96. The van der Waals surface area contributed by atoms with Gasteiger partial charge in [0.15, 0.2) is 0 Å². The van der Waals surface area contributed by atoms with Crippen LogP contribution in [-0.4, -0.2) is 31.1 Å². The second-order valence-corrected chi connectivity index (χ2v) is 6.07. The Morgan fingerprint density at radius 2 is 1.90 bits per heavy atom. The number of nitrogens with one attached hydrogen (secondary N) is 1. The predicted molar refractivity (Wildman–Crippen MR) is 86.6 cm³/mol. The lowest BCUT2D eigenvalue weighted by Crippen LogP contribution is -2.37. The maximum absolute atomic E-state index is 10.8. The van der Waals surface area contributed by atoms with E-state index >= 15 is 0 Å². The van der Waals surface area contributed by atoms with Crippen molar-refractivity contribution < 1.29 is 4.92 Å². The molecule has 1 aromatic carbocycles. The molecule has 21 heavy (non-hydrogen) atoms. The molecule has 0 atom stereocenters. The number of anilines is 1. The highest BCUT2D eigenvalue weighted by atomic mass is 35.5. The lowest BCUT2D eigenvalue weighted by Gasteiger charge is -2.34. The number of non-ortho nitro benzene ring substituents is 1. The molecular weight excluding hydrogens is 313 g/mol. The highest BCUT2D eigenvalue weighted by Gasteiger charge is 2.24. The van der Waals surface area contributed by atoms with Gasteiger partial charge in [-0.2, -0.15) is 0 Å². The number of benzene rings is 1. The predicted octanol–water partition coefficient (Wildman–Crippen LogP) is 3.73. The van der Waals surface area contributed by atoms with Crippen molar-refractivity contribution >= 4 is 34.6 Å². The molecule has 1 aromatic rings. The van der Waals surface area contributed by atoms with Crippen molar-refractivity contribution in [3.8, 4) is 0 Å². The van der Waals surface area contributed by atoms with Gasteiger partial charge >= 0.3 is 0 Å². The smallest absolute Gasteiger partial charge is 0.272 e. The molecular formula is C14H19Cl2N3O2. The third-order valence-electron chi connectivity index (χ3n) is 3.83. The van der Waals surface area contributed by atoms with Crippen LogP contribution in [0.3, 0.4) is 0 Å². The van der Waals surface area contributed by atoms with Gasteiger partial charge in [0.05, 0.1) is 20.7 Å². The van der Waals surface area contributed by atoms with Crippen LogP contribution in [0, 0.1) is 16.0 Å². The van der Waals surface area contributed by atoms with E-state index in [1.807, 2.05) is 0 Å². The molecule has 1 heterocycles. The third kappa shape index (κ3) is 3.99. The number of rotatable bonds is 5. The van der Waals surface area contributed by atoms with Crippen LogP contribution in [0.4, 0.5) is 11.4 Å². The van der Waals surface area contributed by atoms with Crippen LogP contribution < -0.4 is 10.2 Å². The van der Waals surface area contributed by atoms with Gasteiger partial charge in [-0.25, -0.2) is 0 Å². The summed E-state index contributed by atoms with van der Waals surface area (Å²) in [5.74, 6) is 0.664. The molecule has 2 rings (SSSR count). The molecule has 0 aliphatic carbocycles. The van der Waals surface area contributed by atoms with Gasteiger partial charge in [-0.3, -0.25) is 10.1 Å². The number of nitrogens with zero attached hydrogens (tertiary/aromatic N) is 2. The highest BCUT2D eigenvalue weighted by molar-refractivity contribution is 6.39. The zero-order chi connectivity index (χ0) is 15.4. The Kier molecular flexibility index (Phi) is 5.67. The zero-order valence-electron chi connectivity index (χ0n) is 11.9. The Morgan fingerprint density at radius 1 is 1.33 bits per heavy atom. The summed E-state index contributed by atoms with van der Waals surface area (Å²) in [7, 11) is 0. The van der Waals surface area contributed by atoms with E-state index in [1.54, 1.807) is 0 Å². The van der Waals surface area contributed by atoms with Crippen molar-refractivity contribution in [2.75, 3.05) is 31.1 Å². The fraction of sp³-hybridized carbons (Fsp3) is 0.571. The Labute approximate surface area is 134 Å². The van der Waals surface area contributed by atoms with E-state index in [4.69, 9.17) is 23.2 Å². The Balaban J connectivity index is 2.08. The van der Waals surface area contributed by atoms with Crippen LogP contribution in [0.5, 0.6) is 0 Å². The van der Waals surface area contributed by atoms with Crippen molar-refractivity contribution in [2.24, 2.45) is 5.92 Å². The minimum atomic E-state index is -0.482. The van der Waals surface area contributed by atoms with Crippen molar-refractivity contribution in [3.05, 3.63) is 32.3 Å². The summed E-state index contributed by atoms with van der Waals surface area (Å²) in [6.07, 6.45) is 2.13. The van der Waals surface area contributed by atoms with E-state index in [0.717, 1.165) is 39.0 Å². The molecule has 116 valence electrons. The molecule has 0 amide bonds. The second-order valence-electron chi connectivity index (χ2n) is 5.25. The molecule has 1 aliphatic heterocycles. The minimum absolute atomic E-state index is 0.0734. The summed E-state index contributed by atoms with van der Waals surface area (Å²) in [6, 6.07) is 2.74. The normalized spacial score (nSPS) is 16.2. The molecule has 1 aliphatic rings. The molecule has 0 bridgehead atoms. The summed E-state index contributed by atoms with van der Waals surface area (Å²) in [4.78, 5) is 12.4. The van der Waals surface area contributed by atoms with Crippen molar-refractivity contribution in [1.29, 1.82) is 0 Å². The fourth-order valence-electron chi connectivity index (χ4n) is 2.67. The summed E-state index contributed by atoms with van der Waals surface area (Å²) < 4.78 is 0. The van der Waals surface area contributed by atoms with Crippen LogP contribution >= 0.6 is 23.2 Å². The van der Waals surface area contributed by atoms with E-state index < -0.39 is 4.92 Å². The average Bonchev–Trinajstić information content (AvgIpc) is 2.45. The molecule has 0 aromatic heterocycles. The third-order valence-corrected chi connectivity index (χ3v) is 4.40.